The summed E-state index contributed by atoms with van der Waals surface area (Å²) in [5.41, 5.74) is 3.65. The topological polar surface area (TPSA) is 61.9 Å². The lowest BCUT2D eigenvalue weighted by molar-refractivity contribution is -0.134. The van der Waals surface area contributed by atoms with Crippen molar-refractivity contribution in [1.29, 1.82) is 0 Å². The third-order valence-electron chi connectivity index (χ3n) is 5.46. The van der Waals surface area contributed by atoms with E-state index in [-0.39, 0.29) is 12.2 Å². The maximum Gasteiger partial charge on any atom is 0.316 e. The van der Waals surface area contributed by atoms with Crippen molar-refractivity contribution in [3.8, 4) is 0 Å². The SMILES string of the molecule is CC1CN(c2ccc(NC(=O)C(=O)N3CCCc4ccccc43)cc2)CC(C)O1. The van der Waals surface area contributed by atoms with Crippen molar-refractivity contribution in [1.82, 2.24) is 0 Å². The summed E-state index contributed by atoms with van der Waals surface area (Å²) < 4.78 is 5.78. The molecule has 2 atom stereocenters. The Morgan fingerprint density at radius 3 is 2.41 bits per heavy atom. The number of para-hydroxylation sites is 1. The average molecular weight is 393 g/mol. The molecule has 0 bridgehead atoms. The van der Waals surface area contributed by atoms with Crippen molar-refractivity contribution in [2.45, 2.75) is 38.9 Å². The Bertz CT molecular complexity index is 886. The van der Waals surface area contributed by atoms with Crippen LogP contribution in [0.25, 0.3) is 0 Å². The van der Waals surface area contributed by atoms with Crippen molar-refractivity contribution in [3.63, 3.8) is 0 Å². The largest absolute Gasteiger partial charge is 0.372 e. The summed E-state index contributed by atoms with van der Waals surface area (Å²) in [5, 5.41) is 2.74. The highest BCUT2D eigenvalue weighted by molar-refractivity contribution is 6.44. The maximum absolute atomic E-state index is 12.7. The van der Waals surface area contributed by atoms with Gasteiger partial charge in [0.25, 0.3) is 0 Å². The van der Waals surface area contributed by atoms with Gasteiger partial charge in [-0.05, 0) is 62.6 Å². The van der Waals surface area contributed by atoms with Crippen molar-refractivity contribution >= 4 is 28.9 Å². The first-order chi connectivity index (χ1) is 14.0. The molecule has 2 unspecified atom stereocenters. The van der Waals surface area contributed by atoms with Crippen molar-refractivity contribution in [2.24, 2.45) is 0 Å². The molecule has 0 radical (unpaired) electrons. The summed E-state index contributed by atoms with van der Waals surface area (Å²) in [6.45, 7) is 6.38. The van der Waals surface area contributed by atoms with Gasteiger partial charge in [-0.3, -0.25) is 9.59 Å². The van der Waals surface area contributed by atoms with Crippen LogP contribution < -0.4 is 15.1 Å². The van der Waals surface area contributed by atoms with Crippen LogP contribution in [-0.2, 0) is 20.7 Å². The molecular weight excluding hydrogens is 366 g/mol. The van der Waals surface area contributed by atoms with E-state index in [0.717, 1.165) is 42.9 Å². The van der Waals surface area contributed by atoms with E-state index in [0.29, 0.717) is 12.2 Å². The standard InChI is InChI=1S/C23H27N3O3/c1-16-14-25(15-17(2)29-16)20-11-9-19(10-12-20)24-22(27)23(28)26-13-5-7-18-6-3-4-8-21(18)26/h3-4,6,8-12,16-17H,5,7,13-15H2,1-2H3,(H,24,27). The Kier molecular flexibility index (Phi) is 5.53. The number of carbonyl (C=O) groups excluding carboxylic acids is 2. The number of benzene rings is 2. The molecule has 1 fully saturated rings. The van der Waals surface area contributed by atoms with E-state index in [4.69, 9.17) is 4.74 Å². The van der Waals surface area contributed by atoms with Gasteiger partial charge in [0.05, 0.1) is 12.2 Å². The molecule has 2 amide bonds. The minimum absolute atomic E-state index is 0.183. The van der Waals surface area contributed by atoms with Crippen LogP contribution in [0.5, 0.6) is 0 Å². The van der Waals surface area contributed by atoms with Crippen molar-refractivity contribution in [2.75, 3.05) is 34.8 Å². The molecule has 1 saturated heterocycles. The monoisotopic (exact) mass is 393 g/mol. The fourth-order valence-electron chi connectivity index (χ4n) is 4.20. The summed E-state index contributed by atoms with van der Waals surface area (Å²) in [5.74, 6) is -1.12. The van der Waals surface area contributed by atoms with Gasteiger partial charge >= 0.3 is 11.8 Å². The first kappa shape index (κ1) is 19.5. The smallest absolute Gasteiger partial charge is 0.316 e. The predicted octanol–water partition coefficient (Wildman–Crippen LogP) is 3.22. The van der Waals surface area contributed by atoms with Gasteiger partial charge in [0, 0.05) is 36.7 Å². The van der Waals surface area contributed by atoms with E-state index in [1.807, 2.05) is 48.5 Å². The van der Waals surface area contributed by atoms with Crippen LogP contribution in [0.4, 0.5) is 17.1 Å². The molecule has 0 spiro atoms. The molecule has 1 N–H and O–H groups in total. The molecule has 29 heavy (non-hydrogen) atoms. The van der Waals surface area contributed by atoms with E-state index < -0.39 is 11.8 Å². The van der Waals surface area contributed by atoms with Gasteiger partial charge in [0.2, 0.25) is 0 Å². The van der Waals surface area contributed by atoms with E-state index in [1.54, 1.807) is 4.90 Å². The molecule has 2 aromatic rings. The lowest BCUT2D eigenvalue weighted by Crippen LogP contribution is -2.45. The summed E-state index contributed by atoms with van der Waals surface area (Å²) in [7, 11) is 0. The van der Waals surface area contributed by atoms with Crippen LogP contribution in [0.2, 0.25) is 0 Å². The number of hydrogen-bond acceptors (Lipinski definition) is 4. The molecule has 6 heteroatoms. The van der Waals surface area contributed by atoms with Crippen molar-refractivity contribution in [3.05, 3.63) is 54.1 Å². The van der Waals surface area contributed by atoms with Crippen LogP contribution in [0.3, 0.4) is 0 Å². The van der Waals surface area contributed by atoms with Gasteiger partial charge in [-0.2, -0.15) is 0 Å². The molecule has 6 nitrogen and oxygen atoms in total. The van der Waals surface area contributed by atoms with Gasteiger partial charge in [-0.25, -0.2) is 0 Å². The number of ether oxygens (including phenoxy) is 1. The fraction of sp³-hybridized carbons (Fsp3) is 0.391. The Morgan fingerprint density at radius 2 is 1.69 bits per heavy atom. The summed E-state index contributed by atoms with van der Waals surface area (Å²) in [6.07, 6.45) is 2.16. The zero-order valence-corrected chi connectivity index (χ0v) is 16.9. The first-order valence-electron chi connectivity index (χ1n) is 10.2. The molecule has 2 aliphatic rings. The van der Waals surface area contributed by atoms with Gasteiger partial charge in [0.1, 0.15) is 0 Å². The second-order valence-electron chi connectivity index (χ2n) is 7.85. The van der Waals surface area contributed by atoms with Gasteiger partial charge in [0.15, 0.2) is 0 Å². The molecule has 0 aliphatic carbocycles. The molecular formula is C23H27N3O3. The van der Waals surface area contributed by atoms with Gasteiger partial charge < -0.3 is 19.9 Å². The minimum atomic E-state index is -0.608. The summed E-state index contributed by atoms with van der Waals surface area (Å²) in [6, 6.07) is 15.4. The first-order valence-corrected chi connectivity index (χ1v) is 10.2. The van der Waals surface area contributed by atoms with E-state index in [9.17, 15) is 9.59 Å². The molecule has 2 aromatic carbocycles. The Labute approximate surface area is 171 Å². The number of fused-ring (bicyclic) bond motifs is 1. The van der Waals surface area contributed by atoms with Crippen LogP contribution >= 0.6 is 0 Å². The lowest BCUT2D eigenvalue weighted by atomic mass is 10.0. The Balaban J connectivity index is 1.42. The summed E-state index contributed by atoms with van der Waals surface area (Å²) in [4.78, 5) is 29.2. The van der Waals surface area contributed by atoms with Gasteiger partial charge in [-0.15, -0.1) is 0 Å². The Hall–Kier alpha value is -2.86. The molecule has 4 rings (SSSR count). The molecule has 0 saturated carbocycles. The Morgan fingerprint density at radius 1 is 1.00 bits per heavy atom. The van der Waals surface area contributed by atoms with Crippen LogP contribution in [0.1, 0.15) is 25.8 Å². The molecule has 2 heterocycles. The summed E-state index contributed by atoms with van der Waals surface area (Å²) >= 11 is 0. The quantitative estimate of drug-likeness (QED) is 0.796. The van der Waals surface area contributed by atoms with Crippen LogP contribution in [-0.4, -0.2) is 43.7 Å². The van der Waals surface area contributed by atoms with Crippen molar-refractivity contribution < 1.29 is 14.3 Å². The number of carbonyl (C=O) groups is 2. The van der Waals surface area contributed by atoms with E-state index in [2.05, 4.69) is 24.1 Å². The predicted molar refractivity (Wildman–Crippen MR) is 114 cm³/mol. The third-order valence-corrected chi connectivity index (χ3v) is 5.46. The number of aryl methyl sites for hydroxylation is 1. The zero-order chi connectivity index (χ0) is 20.4. The lowest BCUT2D eigenvalue weighted by Gasteiger charge is -2.36. The second-order valence-corrected chi connectivity index (χ2v) is 7.85. The van der Waals surface area contributed by atoms with E-state index >= 15 is 0 Å². The number of morpholine rings is 1. The highest BCUT2D eigenvalue weighted by Crippen LogP contribution is 2.27. The molecule has 2 aliphatic heterocycles. The third kappa shape index (κ3) is 4.27. The highest BCUT2D eigenvalue weighted by atomic mass is 16.5. The fourth-order valence-corrected chi connectivity index (χ4v) is 4.20. The number of rotatable bonds is 2. The van der Waals surface area contributed by atoms with Gasteiger partial charge in [-0.1, -0.05) is 18.2 Å². The van der Waals surface area contributed by atoms with Crippen LogP contribution in [0.15, 0.2) is 48.5 Å². The number of amides is 2. The molecule has 0 aromatic heterocycles. The number of nitrogens with zero attached hydrogens (tertiary/aromatic N) is 2. The van der Waals surface area contributed by atoms with E-state index in [1.165, 1.54) is 0 Å². The number of nitrogens with one attached hydrogen (secondary N) is 1. The number of anilines is 3. The highest BCUT2D eigenvalue weighted by Gasteiger charge is 2.27. The maximum atomic E-state index is 12.7. The molecule has 152 valence electrons. The normalized spacial score (nSPS) is 21.4. The number of hydrogen-bond donors (Lipinski definition) is 1. The zero-order valence-electron chi connectivity index (χ0n) is 16.9. The van der Waals surface area contributed by atoms with Crippen LogP contribution in [0, 0.1) is 0 Å². The average Bonchev–Trinajstić information content (AvgIpc) is 2.72. The minimum Gasteiger partial charge on any atom is -0.372 e. The second kappa shape index (κ2) is 8.25.